The van der Waals surface area contributed by atoms with Crippen LogP contribution in [0.15, 0.2) is 22.7 Å². The second-order valence-corrected chi connectivity index (χ2v) is 4.35. The second-order valence-electron chi connectivity index (χ2n) is 4.35. The number of nitrogen functional groups attached to an aromatic ring is 1. The summed E-state index contributed by atoms with van der Waals surface area (Å²) in [5.74, 6) is 1.48. The summed E-state index contributed by atoms with van der Waals surface area (Å²) in [4.78, 5) is 4.32. The smallest absolute Gasteiger partial charge is 0.258 e. The number of hydrogen-bond acceptors (Lipinski definition) is 7. The topological polar surface area (TPSA) is 92.6 Å². The molecule has 0 radical (unpaired) electrons. The first kappa shape index (κ1) is 12.9. The van der Waals surface area contributed by atoms with Crippen molar-refractivity contribution in [1.29, 1.82) is 0 Å². The molecule has 0 amide bonds. The Morgan fingerprint density at radius 2 is 2.25 bits per heavy atom. The molecule has 3 rings (SSSR count). The summed E-state index contributed by atoms with van der Waals surface area (Å²) in [6.07, 6.45) is -0.281. The van der Waals surface area contributed by atoms with Crippen LogP contribution in [0.5, 0.6) is 5.75 Å². The summed E-state index contributed by atoms with van der Waals surface area (Å²) in [6.45, 7) is 1.56. The van der Waals surface area contributed by atoms with E-state index in [0.29, 0.717) is 43.0 Å². The Labute approximate surface area is 115 Å². The minimum absolute atomic E-state index is 0.281. The fourth-order valence-electron chi connectivity index (χ4n) is 1.99. The number of methoxy groups -OCH3 is 1. The van der Waals surface area contributed by atoms with Crippen LogP contribution in [0, 0.1) is 0 Å². The van der Waals surface area contributed by atoms with E-state index >= 15 is 0 Å². The zero-order chi connectivity index (χ0) is 13.9. The van der Waals surface area contributed by atoms with Crippen molar-refractivity contribution >= 4 is 5.69 Å². The van der Waals surface area contributed by atoms with Gasteiger partial charge in [0, 0.05) is 5.56 Å². The fourth-order valence-corrected chi connectivity index (χ4v) is 1.99. The summed E-state index contributed by atoms with van der Waals surface area (Å²) >= 11 is 0. The maximum atomic E-state index is 5.86. The van der Waals surface area contributed by atoms with E-state index in [9.17, 15) is 0 Å². The van der Waals surface area contributed by atoms with Crippen LogP contribution in [0.4, 0.5) is 5.69 Å². The van der Waals surface area contributed by atoms with E-state index in [-0.39, 0.29) is 6.10 Å². The lowest BCUT2D eigenvalue weighted by atomic mass is 10.2. The van der Waals surface area contributed by atoms with Crippen LogP contribution in [-0.4, -0.2) is 37.1 Å². The van der Waals surface area contributed by atoms with Crippen LogP contribution in [-0.2, 0) is 9.47 Å². The van der Waals surface area contributed by atoms with Gasteiger partial charge in [-0.1, -0.05) is 5.16 Å². The first-order valence-electron chi connectivity index (χ1n) is 6.25. The van der Waals surface area contributed by atoms with Crippen LogP contribution in [0.1, 0.15) is 11.9 Å². The van der Waals surface area contributed by atoms with Crippen molar-refractivity contribution in [1.82, 2.24) is 10.1 Å². The maximum Gasteiger partial charge on any atom is 0.258 e. The average Bonchev–Trinajstić information content (AvgIpc) is 2.98. The van der Waals surface area contributed by atoms with Crippen LogP contribution in [0.3, 0.4) is 0 Å². The Morgan fingerprint density at radius 1 is 1.35 bits per heavy atom. The van der Waals surface area contributed by atoms with E-state index in [1.165, 1.54) is 0 Å². The molecule has 0 saturated carbocycles. The quantitative estimate of drug-likeness (QED) is 0.848. The number of anilines is 1. The zero-order valence-corrected chi connectivity index (χ0v) is 11.0. The minimum Gasteiger partial charge on any atom is -0.495 e. The molecule has 7 heteroatoms. The van der Waals surface area contributed by atoms with Crippen LogP contribution in [0.25, 0.3) is 11.5 Å². The Balaban J connectivity index is 1.84. The van der Waals surface area contributed by atoms with Gasteiger partial charge in [0.15, 0.2) is 0 Å². The van der Waals surface area contributed by atoms with Crippen molar-refractivity contribution in [3.05, 3.63) is 24.0 Å². The summed E-state index contributed by atoms with van der Waals surface area (Å²) in [6, 6.07) is 5.30. The molecule has 1 aliphatic heterocycles. The number of benzene rings is 1. The van der Waals surface area contributed by atoms with Gasteiger partial charge < -0.3 is 24.5 Å². The summed E-state index contributed by atoms with van der Waals surface area (Å²) in [5, 5.41) is 3.93. The van der Waals surface area contributed by atoms with Gasteiger partial charge in [-0.05, 0) is 18.2 Å². The molecule has 1 fully saturated rings. The molecular weight excluding hydrogens is 262 g/mol. The molecule has 0 bridgehead atoms. The third-order valence-electron chi connectivity index (χ3n) is 3.02. The lowest BCUT2D eigenvalue weighted by Crippen LogP contribution is -2.22. The maximum absolute atomic E-state index is 5.86. The van der Waals surface area contributed by atoms with E-state index in [1.54, 1.807) is 19.2 Å². The standard InChI is InChI=1S/C13H15N3O4/c1-17-10-3-2-8(6-9(10)14)13-15-12(16-20-13)11-7-18-4-5-19-11/h2-3,6,11H,4-5,7,14H2,1H3. The highest BCUT2D eigenvalue weighted by Crippen LogP contribution is 2.28. The van der Waals surface area contributed by atoms with Gasteiger partial charge in [0.25, 0.3) is 5.89 Å². The Kier molecular flexibility index (Phi) is 3.53. The molecule has 1 aliphatic rings. The molecule has 0 aliphatic carbocycles. The molecule has 1 atom stereocenters. The molecule has 1 unspecified atom stereocenters. The molecule has 2 aromatic rings. The molecule has 0 spiro atoms. The summed E-state index contributed by atoms with van der Waals surface area (Å²) < 4.78 is 21.2. The first-order valence-corrected chi connectivity index (χ1v) is 6.25. The molecule has 20 heavy (non-hydrogen) atoms. The van der Waals surface area contributed by atoms with Gasteiger partial charge in [-0.3, -0.25) is 0 Å². The lowest BCUT2D eigenvalue weighted by molar-refractivity contribution is -0.0941. The zero-order valence-electron chi connectivity index (χ0n) is 11.0. The largest absolute Gasteiger partial charge is 0.495 e. The molecular formula is C13H15N3O4. The first-order chi connectivity index (χ1) is 9.78. The normalized spacial score (nSPS) is 18.9. The van der Waals surface area contributed by atoms with Gasteiger partial charge in [0.1, 0.15) is 11.9 Å². The molecule has 2 N–H and O–H groups in total. The van der Waals surface area contributed by atoms with E-state index in [2.05, 4.69) is 10.1 Å². The van der Waals surface area contributed by atoms with Crippen molar-refractivity contribution in [2.75, 3.05) is 32.7 Å². The minimum atomic E-state index is -0.281. The van der Waals surface area contributed by atoms with Gasteiger partial charge in [-0.25, -0.2) is 0 Å². The fraction of sp³-hybridized carbons (Fsp3) is 0.385. The van der Waals surface area contributed by atoms with E-state index in [0.717, 1.165) is 5.56 Å². The van der Waals surface area contributed by atoms with Crippen molar-refractivity contribution < 1.29 is 18.7 Å². The van der Waals surface area contributed by atoms with E-state index < -0.39 is 0 Å². The van der Waals surface area contributed by atoms with Crippen LogP contribution in [0.2, 0.25) is 0 Å². The molecule has 7 nitrogen and oxygen atoms in total. The van der Waals surface area contributed by atoms with E-state index in [1.807, 2.05) is 6.07 Å². The van der Waals surface area contributed by atoms with Gasteiger partial charge in [0.2, 0.25) is 5.82 Å². The number of hydrogen-bond donors (Lipinski definition) is 1. The Bertz CT molecular complexity index is 593. The third-order valence-corrected chi connectivity index (χ3v) is 3.02. The van der Waals surface area contributed by atoms with Crippen LogP contribution >= 0.6 is 0 Å². The number of rotatable bonds is 3. The highest BCUT2D eigenvalue weighted by molar-refractivity contribution is 5.65. The van der Waals surface area contributed by atoms with Crippen molar-refractivity contribution in [2.24, 2.45) is 0 Å². The van der Waals surface area contributed by atoms with Crippen LogP contribution < -0.4 is 10.5 Å². The monoisotopic (exact) mass is 277 g/mol. The number of nitrogens with two attached hydrogens (primary N) is 1. The average molecular weight is 277 g/mol. The SMILES string of the molecule is COc1ccc(-c2nc(C3COCCO3)no2)cc1N. The predicted molar refractivity (Wildman–Crippen MR) is 70.2 cm³/mol. The van der Waals surface area contributed by atoms with Gasteiger partial charge in [-0.2, -0.15) is 4.98 Å². The van der Waals surface area contributed by atoms with Gasteiger partial charge >= 0.3 is 0 Å². The van der Waals surface area contributed by atoms with Gasteiger partial charge in [0.05, 0.1) is 32.6 Å². The number of aromatic nitrogens is 2. The predicted octanol–water partition coefficient (Wildman–Crippen LogP) is 1.42. The second kappa shape index (κ2) is 5.48. The molecule has 2 heterocycles. The van der Waals surface area contributed by atoms with E-state index in [4.69, 9.17) is 24.5 Å². The molecule has 106 valence electrons. The summed E-state index contributed by atoms with van der Waals surface area (Å²) in [5.41, 5.74) is 7.11. The van der Waals surface area contributed by atoms with Crippen molar-refractivity contribution in [3.8, 4) is 17.2 Å². The molecule has 1 aromatic carbocycles. The van der Waals surface area contributed by atoms with Gasteiger partial charge in [-0.15, -0.1) is 0 Å². The summed E-state index contributed by atoms with van der Waals surface area (Å²) in [7, 11) is 1.57. The van der Waals surface area contributed by atoms with Crippen molar-refractivity contribution in [2.45, 2.75) is 6.10 Å². The number of nitrogens with zero attached hydrogens (tertiary/aromatic N) is 2. The lowest BCUT2D eigenvalue weighted by Gasteiger charge is -2.19. The Morgan fingerprint density at radius 3 is 2.95 bits per heavy atom. The highest BCUT2D eigenvalue weighted by atomic mass is 16.6. The third kappa shape index (κ3) is 2.45. The van der Waals surface area contributed by atoms with Crippen molar-refractivity contribution in [3.63, 3.8) is 0 Å². The molecule has 1 saturated heterocycles. The highest BCUT2D eigenvalue weighted by Gasteiger charge is 2.22. The number of ether oxygens (including phenoxy) is 3. The Hall–Kier alpha value is -2.12. The molecule has 1 aromatic heterocycles.